The van der Waals surface area contributed by atoms with Crippen molar-refractivity contribution in [1.29, 1.82) is 0 Å². The molecule has 4 heteroatoms. The number of para-hydroxylation sites is 1. The van der Waals surface area contributed by atoms with Crippen LogP contribution in [0, 0.1) is 12.3 Å². The van der Waals surface area contributed by atoms with Gasteiger partial charge in [-0.15, -0.1) is 16.7 Å². The average Bonchev–Trinajstić information content (AvgIpc) is 2.70. The van der Waals surface area contributed by atoms with Crippen molar-refractivity contribution >= 4 is 17.2 Å². The molecule has 4 nitrogen and oxygen atoms in total. The van der Waals surface area contributed by atoms with E-state index in [1.807, 2.05) is 84.9 Å². The number of hydrogen-bond acceptors (Lipinski definition) is 3. The molecule has 0 saturated carbocycles. The first kappa shape index (κ1) is 16.2. The number of nitrogens with one attached hydrogen (secondary N) is 1. The SMILES string of the molecule is C#Cc1ccc(C(N=Nc2ccccc2)=NNc2ccccc2)cc1. The van der Waals surface area contributed by atoms with Crippen LogP contribution in [-0.4, -0.2) is 5.84 Å². The molecule has 0 aliphatic rings. The Morgan fingerprint density at radius 3 is 2.08 bits per heavy atom. The summed E-state index contributed by atoms with van der Waals surface area (Å²) in [6.07, 6.45) is 5.41. The topological polar surface area (TPSA) is 49.1 Å². The van der Waals surface area contributed by atoms with Crippen molar-refractivity contribution in [2.75, 3.05) is 5.43 Å². The summed E-state index contributed by atoms with van der Waals surface area (Å²) in [6, 6.07) is 26.7. The van der Waals surface area contributed by atoms with Gasteiger partial charge >= 0.3 is 0 Å². The van der Waals surface area contributed by atoms with Crippen LogP contribution >= 0.6 is 0 Å². The molecule has 0 spiro atoms. The van der Waals surface area contributed by atoms with E-state index < -0.39 is 0 Å². The van der Waals surface area contributed by atoms with Crippen molar-refractivity contribution in [1.82, 2.24) is 0 Å². The quantitative estimate of drug-likeness (QED) is 0.231. The molecule has 0 atom stereocenters. The molecule has 0 heterocycles. The van der Waals surface area contributed by atoms with Crippen LogP contribution in [0.3, 0.4) is 0 Å². The highest BCUT2D eigenvalue weighted by Crippen LogP contribution is 2.14. The Bertz CT molecular complexity index is 906. The van der Waals surface area contributed by atoms with Gasteiger partial charge in [0.2, 0.25) is 5.84 Å². The van der Waals surface area contributed by atoms with E-state index in [2.05, 4.69) is 26.7 Å². The van der Waals surface area contributed by atoms with Gasteiger partial charge in [0, 0.05) is 11.1 Å². The van der Waals surface area contributed by atoms with Crippen molar-refractivity contribution < 1.29 is 0 Å². The van der Waals surface area contributed by atoms with Crippen molar-refractivity contribution in [3.05, 3.63) is 96.1 Å². The van der Waals surface area contributed by atoms with Gasteiger partial charge in [0.25, 0.3) is 0 Å². The molecule has 3 aromatic carbocycles. The van der Waals surface area contributed by atoms with Gasteiger partial charge in [-0.05, 0) is 48.5 Å². The zero-order valence-electron chi connectivity index (χ0n) is 13.5. The van der Waals surface area contributed by atoms with Crippen molar-refractivity contribution in [3.8, 4) is 12.3 Å². The van der Waals surface area contributed by atoms with Gasteiger partial charge in [-0.25, -0.2) is 0 Å². The number of rotatable bonds is 4. The lowest BCUT2D eigenvalue weighted by Gasteiger charge is -2.03. The van der Waals surface area contributed by atoms with Crippen LogP contribution in [0.5, 0.6) is 0 Å². The minimum absolute atomic E-state index is 0.469. The van der Waals surface area contributed by atoms with Crippen molar-refractivity contribution in [3.63, 3.8) is 0 Å². The molecular formula is C21H16N4. The number of hydrogen-bond donors (Lipinski definition) is 1. The summed E-state index contributed by atoms with van der Waals surface area (Å²) in [7, 11) is 0. The molecule has 25 heavy (non-hydrogen) atoms. The van der Waals surface area contributed by atoms with E-state index in [0.29, 0.717) is 5.84 Å². The molecule has 120 valence electrons. The maximum atomic E-state index is 5.41. The number of terminal acetylenes is 1. The first-order chi connectivity index (χ1) is 12.3. The molecule has 0 amide bonds. The largest absolute Gasteiger partial charge is 0.276 e. The monoisotopic (exact) mass is 324 g/mol. The third-order valence-electron chi connectivity index (χ3n) is 3.39. The summed E-state index contributed by atoms with van der Waals surface area (Å²) in [5, 5.41) is 12.9. The number of amidine groups is 1. The first-order valence-corrected chi connectivity index (χ1v) is 7.78. The lowest BCUT2D eigenvalue weighted by atomic mass is 10.1. The minimum atomic E-state index is 0.469. The summed E-state index contributed by atoms with van der Waals surface area (Å²) in [5.74, 6) is 3.07. The lowest BCUT2D eigenvalue weighted by Crippen LogP contribution is -2.01. The zero-order valence-corrected chi connectivity index (χ0v) is 13.5. The summed E-state index contributed by atoms with van der Waals surface area (Å²) >= 11 is 0. The molecule has 0 bridgehead atoms. The van der Waals surface area contributed by atoms with Crippen molar-refractivity contribution in [2.24, 2.45) is 15.3 Å². The lowest BCUT2D eigenvalue weighted by molar-refractivity contribution is 1.22. The number of benzene rings is 3. The van der Waals surface area contributed by atoms with Gasteiger partial charge in [0.1, 0.15) is 0 Å². The van der Waals surface area contributed by atoms with Crippen LogP contribution in [0.2, 0.25) is 0 Å². The van der Waals surface area contributed by atoms with Crippen LogP contribution in [0.25, 0.3) is 0 Å². The molecule has 0 aliphatic carbocycles. The van der Waals surface area contributed by atoms with Gasteiger partial charge in [-0.1, -0.05) is 42.3 Å². The highest BCUT2D eigenvalue weighted by molar-refractivity contribution is 5.99. The summed E-state index contributed by atoms with van der Waals surface area (Å²) < 4.78 is 0. The van der Waals surface area contributed by atoms with Gasteiger partial charge < -0.3 is 0 Å². The molecule has 3 aromatic rings. The van der Waals surface area contributed by atoms with Gasteiger partial charge in [-0.3, -0.25) is 5.43 Å². The fraction of sp³-hybridized carbons (Fsp3) is 0. The predicted molar refractivity (Wildman–Crippen MR) is 102 cm³/mol. The Balaban J connectivity index is 1.89. The molecule has 0 aromatic heterocycles. The van der Waals surface area contributed by atoms with Crippen LogP contribution < -0.4 is 5.43 Å². The number of anilines is 1. The minimum Gasteiger partial charge on any atom is -0.276 e. The second-order valence-electron chi connectivity index (χ2n) is 5.17. The fourth-order valence-corrected chi connectivity index (χ4v) is 2.09. The Morgan fingerprint density at radius 2 is 1.44 bits per heavy atom. The predicted octanol–water partition coefficient (Wildman–Crippen LogP) is 5.23. The van der Waals surface area contributed by atoms with Crippen LogP contribution in [-0.2, 0) is 0 Å². The van der Waals surface area contributed by atoms with Crippen molar-refractivity contribution in [2.45, 2.75) is 0 Å². The van der Waals surface area contributed by atoms with E-state index in [-0.39, 0.29) is 0 Å². The van der Waals surface area contributed by atoms with E-state index in [1.54, 1.807) is 0 Å². The van der Waals surface area contributed by atoms with E-state index >= 15 is 0 Å². The van der Waals surface area contributed by atoms with E-state index in [0.717, 1.165) is 22.5 Å². The molecule has 0 aliphatic heterocycles. The maximum Gasteiger partial charge on any atom is 0.201 e. The standard InChI is InChI=1S/C21H16N4/c1-2-17-13-15-18(16-14-17)21(24-22-19-9-5-3-6-10-19)25-23-20-11-7-4-8-12-20/h1,3-16,22H. The van der Waals surface area contributed by atoms with E-state index in [9.17, 15) is 0 Å². The second-order valence-corrected chi connectivity index (χ2v) is 5.17. The molecular weight excluding hydrogens is 308 g/mol. The second kappa shape index (κ2) is 8.23. The molecule has 0 fully saturated rings. The smallest absolute Gasteiger partial charge is 0.201 e. The summed E-state index contributed by atoms with van der Waals surface area (Å²) in [4.78, 5) is 0. The third kappa shape index (κ3) is 4.63. The Kier molecular flexibility index (Phi) is 5.32. The van der Waals surface area contributed by atoms with E-state index in [1.165, 1.54) is 0 Å². The van der Waals surface area contributed by atoms with Crippen LogP contribution in [0.15, 0.2) is 100 Å². The fourth-order valence-electron chi connectivity index (χ4n) is 2.09. The van der Waals surface area contributed by atoms with Crippen LogP contribution in [0.4, 0.5) is 11.4 Å². The first-order valence-electron chi connectivity index (χ1n) is 7.78. The zero-order chi connectivity index (χ0) is 17.3. The third-order valence-corrected chi connectivity index (χ3v) is 3.39. The normalized spacial score (nSPS) is 11.2. The Morgan fingerprint density at radius 1 is 0.800 bits per heavy atom. The summed E-state index contributed by atoms with van der Waals surface area (Å²) in [5.41, 5.74) is 6.26. The molecule has 0 unspecified atom stereocenters. The number of nitrogens with zero attached hydrogens (tertiary/aromatic N) is 3. The molecule has 3 rings (SSSR count). The van der Waals surface area contributed by atoms with E-state index in [4.69, 9.17) is 6.42 Å². The Hall–Kier alpha value is -3.71. The van der Waals surface area contributed by atoms with Gasteiger partial charge in [-0.2, -0.15) is 5.10 Å². The average molecular weight is 324 g/mol. The Labute approximate surface area is 147 Å². The highest BCUT2D eigenvalue weighted by atomic mass is 15.3. The maximum absolute atomic E-state index is 5.41. The number of hydrazone groups is 1. The highest BCUT2D eigenvalue weighted by Gasteiger charge is 2.03. The molecule has 1 N–H and O–H groups in total. The van der Waals surface area contributed by atoms with Crippen LogP contribution in [0.1, 0.15) is 11.1 Å². The summed E-state index contributed by atoms with van der Waals surface area (Å²) in [6.45, 7) is 0. The van der Waals surface area contributed by atoms with Gasteiger partial charge in [0.15, 0.2) is 0 Å². The van der Waals surface area contributed by atoms with Gasteiger partial charge in [0.05, 0.1) is 11.4 Å². The molecule has 0 saturated heterocycles. The molecule has 0 radical (unpaired) electrons. The number of azo groups is 1.